The zero-order chi connectivity index (χ0) is 17.6. The lowest BCUT2D eigenvalue weighted by Crippen LogP contribution is -2.33. The van der Waals surface area contributed by atoms with Crippen LogP contribution < -0.4 is 9.47 Å². The predicted molar refractivity (Wildman–Crippen MR) is 108 cm³/mol. The number of benzene rings is 1. The van der Waals surface area contributed by atoms with Gasteiger partial charge in [0.1, 0.15) is 18.1 Å². The van der Waals surface area contributed by atoms with Crippen molar-refractivity contribution in [3.63, 3.8) is 0 Å². The van der Waals surface area contributed by atoms with E-state index in [-0.39, 0.29) is 6.04 Å². The SMILES string of the molecule is C1=CC2N=C(Oc3ccc(OCCN4CCCCC4)cc3)SC2C=CC1. The number of hydrogen-bond donors (Lipinski definition) is 0. The molecular weight excluding hydrogens is 344 g/mol. The first-order valence-corrected chi connectivity index (χ1v) is 10.5. The summed E-state index contributed by atoms with van der Waals surface area (Å²) in [5.41, 5.74) is 0. The summed E-state index contributed by atoms with van der Waals surface area (Å²) in [7, 11) is 0. The first-order chi connectivity index (χ1) is 12.9. The molecule has 2 heterocycles. The lowest BCUT2D eigenvalue weighted by molar-refractivity contribution is 0.183. The number of piperidine rings is 1. The first kappa shape index (κ1) is 17.7. The molecular formula is C21H26N2O2S. The number of fused-ring (bicyclic) bond motifs is 1. The molecule has 1 saturated heterocycles. The molecule has 0 N–H and O–H groups in total. The highest BCUT2D eigenvalue weighted by atomic mass is 32.2. The van der Waals surface area contributed by atoms with E-state index in [1.54, 1.807) is 11.8 Å². The Bertz CT molecular complexity index is 678. The number of thioether (sulfide) groups is 1. The van der Waals surface area contributed by atoms with Gasteiger partial charge in [-0.05, 0) is 56.6 Å². The van der Waals surface area contributed by atoms with Gasteiger partial charge in [0.05, 0.1) is 11.3 Å². The minimum Gasteiger partial charge on any atom is -0.492 e. The van der Waals surface area contributed by atoms with Crippen molar-refractivity contribution in [1.29, 1.82) is 0 Å². The zero-order valence-corrected chi connectivity index (χ0v) is 15.9. The van der Waals surface area contributed by atoms with Crippen molar-refractivity contribution >= 4 is 17.0 Å². The van der Waals surface area contributed by atoms with Crippen LogP contribution in [0.4, 0.5) is 0 Å². The van der Waals surface area contributed by atoms with Crippen LogP contribution in [0.5, 0.6) is 11.5 Å². The van der Waals surface area contributed by atoms with Crippen LogP contribution in [0.1, 0.15) is 25.7 Å². The van der Waals surface area contributed by atoms with Gasteiger partial charge in [-0.25, -0.2) is 4.99 Å². The second-order valence-corrected chi connectivity index (χ2v) is 8.01. The van der Waals surface area contributed by atoms with Crippen molar-refractivity contribution in [3.8, 4) is 11.5 Å². The van der Waals surface area contributed by atoms with Crippen molar-refractivity contribution in [2.75, 3.05) is 26.2 Å². The van der Waals surface area contributed by atoms with Crippen LogP contribution in [-0.4, -0.2) is 47.7 Å². The highest BCUT2D eigenvalue weighted by molar-refractivity contribution is 8.14. The van der Waals surface area contributed by atoms with E-state index in [4.69, 9.17) is 9.47 Å². The van der Waals surface area contributed by atoms with E-state index in [0.29, 0.717) is 5.25 Å². The van der Waals surface area contributed by atoms with E-state index in [1.165, 1.54) is 32.4 Å². The van der Waals surface area contributed by atoms with Crippen molar-refractivity contribution in [1.82, 2.24) is 4.90 Å². The summed E-state index contributed by atoms with van der Waals surface area (Å²) >= 11 is 1.69. The van der Waals surface area contributed by atoms with Gasteiger partial charge in [-0.1, -0.05) is 42.5 Å². The van der Waals surface area contributed by atoms with Crippen LogP contribution in [-0.2, 0) is 0 Å². The maximum atomic E-state index is 5.94. The van der Waals surface area contributed by atoms with Gasteiger partial charge >= 0.3 is 0 Å². The van der Waals surface area contributed by atoms with E-state index in [1.807, 2.05) is 24.3 Å². The molecule has 0 radical (unpaired) electrons. The lowest BCUT2D eigenvalue weighted by Gasteiger charge is -2.26. The van der Waals surface area contributed by atoms with Crippen LogP contribution in [0.15, 0.2) is 53.6 Å². The monoisotopic (exact) mass is 370 g/mol. The van der Waals surface area contributed by atoms with Crippen LogP contribution in [0.25, 0.3) is 0 Å². The second kappa shape index (κ2) is 8.78. The Morgan fingerprint density at radius 2 is 1.77 bits per heavy atom. The van der Waals surface area contributed by atoms with Gasteiger partial charge in [0, 0.05) is 6.54 Å². The third-order valence-corrected chi connectivity index (χ3v) is 6.01. The molecule has 4 nitrogen and oxygen atoms in total. The van der Waals surface area contributed by atoms with Gasteiger partial charge in [0.15, 0.2) is 0 Å². The fourth-order valence-electron chi connectivity index (χ4n) is 3.46. The summed E-state index contributed by atoms with van der Waals surface area (Å²) < 4.78 is 11.8. The Morgan fingerprint density at radius 1 is 1.00 bits per heavy atom. The largest absolute Gasteiger partial charge is 0.492 e. The van der Waals surface area contributed by atoms with Crippen molar-refractivity contribution in [2.45, 2.75) is 37.0 Å². The molecule has 2 atom stereocenters. The molecule has 26 heavy (non-hydrogen) atoms. The van der Waals surface area contributed by atoms with Crippen LogP contribution in [0.3, 0.4) is 0 Å². The minimum atomic E-state index is 0.200. The molecule has 138 valence electrons. The summed E-state index contributed by atoms with van der Waals surface area (Å²) in [4.78, 5) is 7.16. The van der Waals surface area contributed by atoms with E-state index >= 15 is 0 Å². The molecule has 0 spiro atoms. The molecule has 3 aliphatic rings. The van der Waals surface area contributed by atoms with E-state index < -0.39 is 0 Å². The van der Waals surface area contributed by atoms with Crippen molar-refractivity contribution in [3.05, 3.63) is 48.6 Å². The van der Waals surface area contributed by atoms with E-state index in [0.717, 1.165) is 36.3 Å². The average Bonchev–Trinajstić information content (AvgIpc) is 2.92. The Hall–Kier alpha value is -1.72. The smallest absolute Gasteiger partial charge is 0.252 e. The molecule has 2 aliphatic heterocycles. The Morgan fingerprint density at radius 3 is 2.62 bits per heavy atom. The number of aliphatic imine (C=N–C) groups is 1. The summed E-state index contributed by atoms with van der Waals surface area (Å²) in [5.74, 6) is 1.70. The van der Waals surface area contributed by atoms with Gasteiger partial charge in [0.25, 0.3) is 5.23 Å². The molecule has 0 amide bonds. The first-order valence-electron chi connectivity index (χ1n) is 9.58. The van der Waals surface area contributed by atoms with Gasteiger partial charge in [-0.3, -0.25) is 4.90 Å². The normalized spacial score (nSPS) is 25.5. The predicted octanol–water partition coefficient (Wildman–Crippen LogP) is 4.29. The Labute approximate surface area is 160 Å². The van der Waals surface area contributed by atoms with Gasteiger partial charge < -0.3 is 9.47 Å². The number of ether oxygens (including phenoxy) is 2. The number of nitrogens with zero attached hydrogens (tertiary/aromatic N) is 2. The highest BCUT2D eigenvalue weighted by Gasteiger charge is 2.28. The maximum Gasteiger partial charge on any atom is 0.252 e. The molecule has 0 aromatic heterocycles. The molecule has 0 bridgehead atoms. The summed E-state index contributed by atoms with van der Waals surface area (Å²) in [6.07, 6.45) is 13.8. The molecule has 0 saturated carbocycles. The van der Waals surface area contributed by atoms with Gasteiger partial charge in [-0.15, -0.1) is 0 Å². The summed E-state index contributed by atoms with van der Waals surface area (Å²) in [5, 5.41) is 1.11. The fraction of sp³-hybridized carbons (Fsp3) is 0.476. The van der Waals surface area contributed by atoms with Crippen LogP contribution in [0, 0.1) is 0 Å². The topological polar surface area (TPSA) is 34.1 Å². The molecule has 1 aromatic rings. The maximum absolute atomic E-state index is 5.94. The quantitative estimate of drug-likeness (QED) is 0.724. The summed E-state index contributed by atoms with van der Waals surface area (Å²) in [6, 6.07) is 8.07. The average molecular weight is 371 g/mol. The van der Waals surface area contributed by atoms with Crippen LogP contribution >= 0.6 is 11.8 Å². The molecule has 1 aliphatic carbocycles. The van der Waals surface area contributed by atoms with Crippen molar-refractivity contribution in [2.24, 2.45) is 4.99 Å². The third kappa shape index (κ3) is 4.71. The van der Waals surface area contributed by atoms with Crippen molar-refractivity contribution < 1.29 is 9.47 Å². The minimum absolute atomic E-state index is 0.200. The molecule has 5 heteroatoms. The van der Waals surface area contributed by atoms with Gasteiger partial charge in [0.2, 0.25) is 0 Å². The fourth-order valence-corrected chi connectivity index (χ4v) is 4.50. The van der Waals surface area contributed by atoms with Gasteiger partial charge in [-0.2, -0.15) is 0 Å². The third-order valence-electron chi connectivity index (χ3n) is 4.91. The molecule has 1 aromatic carbocycles. The molecule has 4 rings (SSSR count). The van der Waals surface area contributed by atoms with Crippen LogP contribution in [0.2, 0.25) is 0 Å². The highest BCUT2D eigenvalue weighted by Crippen LogP contribution is 2.32. The molecule has 2 unspecified atom stereocenters. The number of hydrogen-bond acceptors (Lipinski definition) is 5. The molecule has 1 fully saturated rings. The number of rotatable bonds is 5. The van der Waals surface area contributed by atoms with E-state index in [9.17, 15) is 0 Å². The number of likely N-dealkylation sites (tertiary alicyclic amines) is 1. The standard InChI is InChI=1S/C21H26N2O2S/c1-3-7-19-20(8-4-1)26-21(22-19)25-18-11-9-17(10-12-18)24-16-15-23-13-5-2-6-14-23/h3-4,7-12,19-20H,1-2,5-6,13-16H2. The summed E-state index contributed by atoms with van der Waals surface area (Å²) in [6.45, 7) is 4.17. The van der Waals surface area contributed by atoms with E-state index in [2.05, 4.69) is 34.2 Å². The Balaban J connectivity index is 1.25. The Kier molecular flexibility index (Phi) is 5.97. The lowest BCUT2D eigenvalue weighted by atomic mass is 10.1. The second-order valence-electron chi connectivity index (χ2n) is 6.88. The zero-order valence-electron chi connectivity index (χ0n) is 15.0. The number of allylic oxidation sites excluding steroid dienone is 2.